The normalized spacial score (nSPS) is 19.2. The smallest absolute Gasteiger partial charge is 0.362 e. The number of nitrogens with two attached hydrogens (primary N) is 1. The topological polar surface area (TPSA) is 162 Å². The summed E-state index contributed by atoms with van der Waals surface area (Å²) in [4.78, 5) is 24.4. The fourth-order valence-electron chi connectivity index (χ4n) is 3.68. The van der Waals surface area contributed by atoms with Crippen LogP contribution in [0.3, 0.4) is 0 Å². The molecule has 1 fully saturated rings. The molecule has 1 aliphatic rings. The van der Waals surface area contributed by atoms with E-state index in [1.165, 1.54) is 30.6 Å². The molecular weight excluding hydrogens is 412 g/mol. The summed E-state index contributed by atoms with van der Waals surface area (Å²) >= 11 is 0. The van der Waals surface area contributed by atoms with Crippen molar-refractivity contribution >= 4 is 33.2 Å². The molecule has 1 aromatic carbocycles. The molecule has 3 aromatic rings. The SMILES string of the molecule is Nc1ncnc2ncn([C@H]3CC[C@@H](COS(=O)(=O)NC(=O)c4ccccc4O)C3)c12. The van der Waals surface area contributed by atoms with E-state index in [0.29, 0.717) is 23.4 Å². The molecule has 0 aliphatic heterocycles. The second-order valence-electron chi connectivity index (χ2n) is 7.10. The number of nitrogen functional groups attached to an aromatic ring is 1. The van der Waals surface area contributed by atoms with E-state index in [9.17, 15) is 18.3 Å². The van der Waals surface area contributed by atoms with Crippen molar-refractivity contribution in [2.75, 3.05) is 12.3 Å². The van der Waals surface area contributed by atoms with Crippen molar-refractivity contribution < 1.29 is 22.5 Å². The number of aromatic hydroxyl groups is 1. The maximum absolute atomic E-state index is 12.1. The van der Waals surface area contributed by atoms with Crippen LogP contribution in [-0.4, -0.2) is 45.6 Å². The van der Waals surface area contributed by atoms with Crippen LogP contribution in [-0.2, 0) is 14.5 Å². The maximum Gasteiger partial charge on any atom is 0.362 e. The van der Waals surface area contributed by atoms with E-state index in [1.807, 2.05) is 9.29 Å². The van der Waals surface area contributed by atoms with E-state index in [1.54, 1.807) is 6.33 Å². The van der Waals surface area contributed by atoms with Gasteiger partial charge in [0.2, 0.25) is 0 Å². The molecule has 2 heterocycles. The van der Waals surface area contributed by atoms with Crippen LogP contribution in [0, 0.1) is 5.92 Å². The lowest BCUT2D eigenvalue weighted by molar-refractivity contribution is 0.0972. The lowest BCUT2D eigenvalue weighted by Crippen LogP contribution is -2.33. The zero-order valence-corrected chi connectivity index (χ0v) is 16.6. The highest BCUT2D eigenvalue weighted by Gasteiger charge is 2.30. The zero-order valence-electron chi connectivity index (χ0n) is 15.8. The van der Waals surface area contributed by atoms with Crippen molar-refractivity contribution in [3.05, 3.63) is 42.5 Å². The van der Waals surface area contributed by atoms with Gasteiger partial charge in [0.25, 0.3) is 5.91 Å². The Kier molecular flexibility index (Phi) is 5.26. The summed E-state index contributed by atoms with van der Waals surface area (Å²) < 4.78 is 33.0. The molecule has 4 rings (SSSR count). The fourth-order valence-corrected chi connectivity index (χ4v) is 4.45. The van der Waals surface area contributed by atoms with Crippen LogP contribution in [0.5, 0.6) is 5.75 Å². The minimum atomic E-state index is -4.32. The molecule has 0 radical (unpaired) electrons. The number of para-hydroxylation sites is 1. The summed E-state index contributed by atoms with van der Waals surface area (Å²) in [6, 6.07) is 5.70. The van der Waals surface area contributed by atoms with E-state index in [4.69, 9.17) is 9.92 Å². The van der Waals surface area contributed by atoms with Gasteiger partial charge in [-0.05, 0) is 37.3 Å². The molecule has 1 amide bonds. The number of amides is 1. The van der Waals surface area contributed by atoms with Crippen molar-refractivity contribution in [3.8, 4) is 5.75 Å². The summed E-state index contributed by atoms with van der Waals surface area (Å²) in [6.45, 7) is -0.0709. The first-order chi connectivity index (χ1) is 14.3. The van der Waals surface area contributed by atoms with Crippen LogP contribution in [0.2, 0.25) is 0 Å². The molecule has 0 saturated heterocycles. The standard InChI is InChI=1S/C18H20N6O5S/c19-16-15-17(21-9-20-16)22-10-24(15)12-6-5-11(7-12)8-29-30(27,28)23-18(26)13-3-1-2-4-14(13)25/h1-4,9-12,25H,5-8H2,(H,23,26)(H2,19,20,21)/t11-,12+/m1/s1. The molecule has 11 nitrogen and oxygen atoms in total. The largest absolute Gasteiger partial charge is 0.507 e. The Labute approximate surface area is 172 Å². The van der Waals surface area contributed by atoms with Crippen LogP contribution in [0.25, 0.3) is 11.2 Å². The molecule has 12 heteroatoms. The van der Waals surface area contributed by atoms with Gasteiger partial charge in [0.15, 0.2) is 11.5 Å². The van der Waals surface area contributed by atoms with Crippen LogP contribution < -0.4 is 10.5 Å². The van der Waals surface area contributed by atoms with Gasteiger partial charge in [0.05, 0.1) is 18.5 Å². The average Bonchev–Trinajstić information content (AvgIpc) is 3.34. The number of phenols is 1. The highest BCUT2D eigenvalue weighted by molar-refractivity contribution is 7.85. The Bertz CT molecular complexity index is 1190. The van der Waals surface area contributed by atoms with E-state index >= 15 is 0 Å². The molecule has 4 N–H and O–H groups in total. The predicted molar refractivity (Wildman–Crippen MR) is 107 cm³/mol. The Hall–Kier alpha value is -3.25. The van der Waals surface area contributed by atoms with Crippen LogP contribution in [0.1, 0.15) is 35.7 Å². The van der Waals surface area contributed by atoms with Gasteiger partial charge in [-0.1, -0.05) is 12.1 Å². The minimum absolute atomic E-state index is 0.0323. The molecule has 1 saturated carbocycles. The van der Waals surface area contributed by atoms with Gasteiger partial charge in [-0.3, -0.25) is 8.98 Å². The third-order valence-corrected chi connectivity index (χ3v) is 6.01. The monoisotopic (exact) mass is 432 g/mol. The number of carbonyl (C=O) groups is 1. The van der Waals surface area contributed by atoms with Gasteiger partial charge >= 0.3 is 10.3 Å². The van der Waals surface area contributed by atoms with Crippen molar-refractivity contribution in [3.63, 3.8) is 0 Å². The number of hydrogen-bond donors (Lipinski definition) is 3. The summed E-state index contributed by atoms with van der Waals surface area (Å²) in [5.74, 6) is -0.973. The van der Waals surface area contributed by atoms with E-state index in [0.717, 1.165) is 12.8 Å². The van der Waals surface area contributed by atoms with Gasteiger partial charge in [-0.25, -0.2) is 19.7 Å². The molecule has 1 aliphatic carbocycles. The average molecular weight is 432 g/mol. The van der Waals surface area contributed by atoms with Crippen LogP contribution in [0.15, 0.2) is 36.9 Å². The molecule has 0 bridgehead atoms. The molecule has 2 aromatic heterocycles. The molecular formula is C18H20N6O5S. The third kappa shape index (κ3) is 4.04. The minimum Gasteiger partial charge on any atom is -0.507 e. The van der Waals surface area contributed by atoms with Crippen LogP contribution in [0.4, 0.5) is 5.82 Å². The van der Waals surface area contributed by atoms with E-state index < -0.39 is 16.2 Å². The maximum atomic E-state index is 12.1. The number of imidazole rings is 1. The first-order valence-electron chi connectivity index (χ1n) is 9.26. The van der Waals surface area contributed by atoms with Crippen molar-refractivity contribution in [1.29, 1.82) is 0 Å². The summed E-state index contributed by atoms with van der Waals surface area (Å²) in [6.07, 6.45) is 5.20. The third-order valence-electron chi connectivity index (χ3n) is 5.13. The van der Waals surface area contributed by atoms with E-state index in [-0.39, 0.29) is 29.9 Å². The van der Waals surface area contributed by atoms with E-state index in [2.05, 4.69) is 15.0 Å². The number of benzene rings is 1. The van der Waals surface area contributed by atoms with Crippen molar-refractivity contribution in [1.82, 2.24) is 24.2 Å². The number of rotatable bonds is 6. The number of nitrogens with one attached hydrogen (secondary N) is 1. The second-order valence-corrected chi connectivity index (χ2v) is 8.45. The summed E-state index contributed by atoms with van der Waals surface area (Å²) in [5.41, 5.74) is 6.96. The second kappa shape index (κ2) is 7.88. The fraction of sp³-hybridized carbons (Fsp3) is 0.333. The van der Waals surface area contributed by atoms with Gasteiger partial charge in [0, 0.05) is 6.04 Å². The molecule has 0 unspecified atom stereocenters. The van der Waals surface area contributed by atoms with Crippen molar-refractivity contribution in [2.24, 2.45) is 5.92 Å². The zero-order chi connectivity index (χ0) is 21.3. The van der Waals surface area contributed by atoms with Crippen molar-refractivity contribution in [2.45, 2.75) is 25.3 Å². The highest BCUT2D eigenvalue weighted by Crippen LogP contribution is 2.37. The Morgan fingerprint density at radius 3 is 2.87 bits per heavy atom. The number of fused-ring (bicyclic) bond motifs is 1. The number of hydrogen-bond acceptors (Lipinski definition) is 9. The van der Waals surface area contributed by atoms with Gasteiger partial charge in [-0.15, -0.1) is 0 Å². The Balaban J connectivity index is 1.36. The van der Waals surface area contributed by atoms with Gasteiger partial charge in [0.1, 0.15) is 17.6 Å². The number of phenolic OH excluding ortho intramolecular Hbond substituents is 1. The molecule has 0 spiro atoms. The number of carbonyl (C=O) groups excluding carboxylic acids is 1. The first-order valence-corrected chi connectivity index (χ1v) is 10.7. The lowest BCUT2D eigenvalue weighted by atomic mass is 10.1. The lowest BCUT2D eigenvalue weighted by Gasteiger charge is -2.15. The Morgan fingerprint density at radius 2 is 2.07 bits per heavy atom. The first kappa shape index (κ1) is 20.0. The molecule has 30 heavy (non-hydrogen) atoms. The molecule has 2 atom stereocenters. The quantitative estimate of drug-likeness (QED) is 0.518. The van der Waals surface area contributed by atoms with Gasteiger partial charge < -0.3 is 15.4 Å². The summed E-state index contributed by atoms with van der Waals surface area (Å²) in [7, 11) is -4.32. The predicted octanol–water partition coefficient (Wildman–Crippen LogP) is 1.15. The number of aromatic nitrogens is 4. The molecule has 158 valence electrons. The van der Waals surface area contributed by atoms with Gasteiger partial charge in [-0.2, -0.15) is 8.42 Å². The highest BCUT2D eigenvalue weighted by atomic mass is 32.2. The Morgan fingerprint density at radius 1 is 1.27 bits per heavy atom. The van der Waals surface area contributed by atoms with Crippen LogP contribution >= 0.6 is 0 Å². The summed E-state index contributed by atoms with van der Waals surface area (Å²) in [5, 5.41) is 9.67. The number of nitrogens with zero attached hydrogens (tertiary/aromatic N) is 4. The number of anilines is 1.